The van der Waals surface area contributed by atoms with Crippen molar-refractivity contribution >= 4 is 16.6 Å². The Bertz CT molecular complexity index is 794. The van der Waals surface area contributed by atoms with Gasteiger partial charge in [0, 0.05) is 12.6 Å². The molecule has 3 rings (SSSR count). The first-order chi connectivity index (χ1) is 10.2. The second-order valence-electron chi connectivity index (χ2n) is 4.97. The van der Waals surface area contributed by atoms with E-state index in [-0.39, 0.29) is 10.6 Å². The van der Waals surface area contributed by atoms with Crippen LogP contribution in [0.3, 0.4) is 0 Å². The van der Waals surface area contributed by atoms with Crippen LogP contribution in [0.1, 0.15) is 11.3 Å². The minimum atomic E-state index is -0.349. The van der Waals surface area contributed by atoms with Gasteiger partial charge in [-0.3, -0.25) is 14.8 Å². The van der Waals surface area contributed by atoms with Crippen molar-refractivity contribution in [1.29, 1.82) is 0 Å². The number of nitro benzene ring substituents is 1. The van der Waals surface area contributed by atoms with Crippen molar-refractivity contribution in [2.45, 2.75) is 19.9 Å². The fraction of sp³-hybridized carbons (Fsp3) is 0.188. The van der Waals surface area contributed by atoms with Crippen LogP contribution in [0.4, 0.5) is 5.69 Å². The Kier molecular flexibility index (Phi) is 3.39. The summed E-state index contributed by atoms with van der Waals surface area (Å²) in [6.07, 6.45) is 0.847. The van der Waals surface area contributed by atoms with Crippen molar-refractivity contribution in [2.75, 3.05) is 0 Å². The number of nitrogens with zero attached hydrogens (tertiary/aromatic N) is 3. The summed E-state index contributed by atoms with van der Waals surface area (Å²) in [6, 6.07) is 15.3. The zero-order valence-electron chi connectivity index (χ0n) is 11.7. The number of benzene rings is 2. The van der Waals surface area contributed by atoms with Gasteiger partial charge < -0.3 is 0 Å². The smallest absolute Gasteiger partial charge is 0.264 e. The lowest BCUT2D eigenvalue weighted by atomic mass is 10.1. The fourth-order valence-electron chi connectivity index (χ4n) is 2.60. The molecule has 0 saturated heterocycles. The molecule has 0 aliphatic rings. The van der Waals surface area contributed by atoms with Crippen molar-refractivity contribution in [1.82, 2.24) is 9.78 Å². The Morgan fingerprint density at radius 3 is 2.62 bits per heavy atom. The van der Waals surface area contributed by atoms with Crippen LogP contribution >= 0.6 is 0 Å². The van der Waals surface area contributed by atoms with E-state index in [4.69, 9.17) is 0 Å². The highest BCUT2D eigenvalue weighted by Gasteiger charge is 2.18. The second kappa shape index (κ2) is 5.36. The zero-order valence-corrected chi connectivity index (χ0v) is 11.7. The number of non-ortho nitro benzene ring substituents is 1. The van der Waals surface area contributed by atoms with Crippen LogP contribution in [0.15, 0.2) is 48.5 Å². The molecule has 0 saturated carbocycles. The highest BCUT2D eigenvalue weighted by atomic mass is 16.6. The predicted octanol–water partition coefficient (Wildman–Crippen LogP) is 3.50. The lowest BCUT2D eigenvalue weighted by molar-refractivity contribution is -0.383. The van der Waals surface area contributed by atoms with E-state index < -0.39 is 0 Å². The van der Waals surface area contributed by atoms with Gasteiger partial charge in [-0.05, 0) is 25.0 Å². The minimum absolute atomic E-state index is 0.121. The van der Waals surface area contributed by atoms with Gasteiger partial charge in [0.2, 0.25) is 0 Å². The third-order valence-corrected chi connectivity index (χ3v) is 3.58. The molecule has 5 nitrogen and oxygen atoms in total. The molecule has 2 aromatic carbocycles. The fourth-order valence-corrected chi connectivity index (χ4v) is 2.60. The number of nitro groups is 1. The van der Waals surface area contributed by atoms with Crippen molar-refractivity contribution in [2.24, 2.45) is 0 Å². The third kappa shape index (κ3) is 2.50. The van der Waals surface area contributed by atoms with Gasteiger partial charge in [-0.25, -0.2) is 0 Å². The number of hydrogen-bond donors (Lipinski definition) is 0. The SMILES string of the molecule is Cc1nn(CCc2ccccc2)c2cccc([N+](=O)[O-])c12. The van der Waals surface area contributed by atoms with Gasteiger partial charge in [-0.15, -0.1) is 0 Å². The summed E-state index contributed by atoms with van der Waals surface area (Å²) in [5.41, 5.74) is 2.86. The van der Waals surface area contributed by atoms with Gasteiger partial charge in [0.25, 0.3) is 5.69 Å². The van der Waals surface area contributed by atoms with Gasteiger partial charge >= 0.3 is 0 Å². The molecule has 3 aromatic rings. The van der Waals surface area contributed by atoms with Gasteiger partial charge in [-0.1, -0.05) is 36.4 Å². The lowest BCUT2D eigenvalue weighted by Gasteiger charge is -2.04. The molecule has 0 N–H and O–H groups in total. The number of fused-ring (bicyclic) bond motifs is 1. The Morgan fingerprint density at radius 2 is 1.90 bits per heavy atom. The van der Waals surface area contributed by atoms with Gasteiger partial charge in [0.05, 0.1) is 16.1 Å². The normalized spacial score (nSPS) is 10.9. The highest BCUT2D eigenvalue weighted by molar-refractivity contribution is 5.90. The number of aromatic nitrogens is 2. The maximum Gasteiger partial charge on any atom is 0.280 e. The van der Waals surface area contributed by atoms with Crippen LogP contribution < -0.4 is 0 Å². The molecule has 1 aromatic heterocycles. The van der Waals surface area contributed by atoms with E-state index in [2.05, 4.69) is 17.2 Å². The van der Waals surface area contributed by atoms with E-state index in [1.807, 2.05) is 35.9 Å². The van der Waals surface area contributed by atoms with Crippen LogP contribution in [0.2, 0.25) is 0 Å². The standard InChI is InChI=1S/C16H15N3O2/c1-12-16-14(8-5-9-15(16)19(20)21)18(17-12)11-10-13-6-3-2-4-7-13/h2-9H,10-11H2,1H3. The quantitative estimate of drug-likeness (QED) is 0.543. The van der Waals surface area contributed by atoms with Crippen molar-refractivity contribution in [3.05, 3.63) is 69.9 Å². The van der Waals surface area contributed by atoms with Crippen LogP contribution in [0, 0.1) is 17.0 Å². The van der Waals surface area contributed by atoms with Gasteiger partial charge in [-0.2, -0.15) is 5.10 Å². The number of aryl methyl sites for hydroxylation is 3. The van der Waals surface area contributed by atoms with E-state index in [9.17, 15) is 10.1 Å². The molecule has 0 bridgehead atoms. The highest BCUT2D eigenvalue weighted by Crippen LogP contribution is 2.28. The van der Waals surface area contributed by atoms with Gasteiger partial charge in [0.15, 0.2) is 0 Å². The first-order valence-corrected chi connectivity index (χ1v) is 6.81. The molecule has 0 unspecified atom stereocenters. The molecule has 0 spiro atoms. The van der Waals surface area contributed by atoms with Crippen molar-refractivity contribution in [3.63, 3.8) is 0 Å². The van der Waals surface area contributed by atoms with E-state index in [0.717, 1.165) is 11.9 Å². The van der Waals surface area contributed by atoms with E-state index in [1.54, 1.807) is 6.07 Å². The van der Waals surface area contributed by atoms with Crippen LogP contribution in [-0.4, -0.2) is 14.7 Å². The molecule has 0 radical (unpaired) electrons. The average molecular weight is 281 g/mol. The minimum Gasteiger partial charge on any atom is -0.264 e. The number of hydrogen-bond acceptors (Lipinski definition) is 3. The molecular formula is C16H15N3O2. The predicted molar refractivity (Wildman–Crippen MR) is 81.3 cm³/mol. The monoisotopic (exact) mass is 281 g/mol. The lowest BCUT2D eigenvalue weighted by Crippen LogP contribution is -2.03. The third-order valence-electron chi connectivity index (χ3n) is 3.58. The summed E-state index contributed by atoms with van der Waals surface area (Å²) in [5.74, 6) is 0. The van der Waals surface area contributed by atoms with E-state index >= 15 is 0 Å². The first-order valence-electron chi connectivity index (χ1n) is 6.81. The molecule has 0 aliphatic carbocycles. The Hall–Kier alpha value is -2.69. The molecular weight excluding hydrogens is 266 g/mol. The summed E-state index contributed by atoms with van der Waals surface area (Å²) < 4.78 is 1.85. The van der Waals surface area contributed by atoms with Crippen LogP contribution in [-0.2, 0) is 13.0 Å². The molecule has 1 heterocycles. The molecule has 21 heavy (non-hydrogen) atoms. The molecule has 0 aliphatic heterocycles. The molecule has 0 fully saturated rings. The summed E-state index contributed by atoms with van der Waals surface area (Å²) >= 11 is 0. The summed E-state index contributed by atoms with van der Waals surface area (Å²) in [4.78, 5) is 10.8. The summed E-state index contributed by atoms with van der Waals surface area (Å²) in [7, 11) is 0. The molecule has 0 atom stereocenters. The Morgan fingerprint density at radius 1 is 1.14 bits per heavy atom. The van der Waals surface area contributed by atoms with E-state index in [1.165, 1.54) is 11.6 Å². The number of rotatable bonds is 4. The Balaban J connectivity index is 1.97. The molecule has 106 valence electrons. The van der Waals surface area contributed by atoms with Crippen molar-refractivity contribution < 1.29 is 4.92 Å². The Labute approximate surface area is 122 Å². The van der Waals surface area contributed by atoms with Gasteiger partial charge in [0.1, 0.15) is 5.39 Å². The first kappa shape index (κ1) is 13.3. The maximum absolute atomic E-state index is 11.1. The topological polar surface area (TPSA) is 61.0 Å². The zero-order chi connectivity index (χ0) is 14.8. The largest absolute Gasteiger partial charge is 0.280 e. The summed E-state index contributed by atoms with van der Waals surface area (Å²) in [5, 5.41) is 16.2. The molecule has 5 heteroatoms. The average Bonchev–Trinajstić information content (AvgIpc) is 2.83. The van der Waals surface area contributed by atoms with Crippen LogP contribution in [0.5, 0.6) is 0 Å². The van der Waals surface area contributed by atoms with E-state index in [0.29, 0.717) is 17.6 Å². The molecule has 0 amide bonds. The van der Waals surface area contributed by atoms with Crippen molar-refractivity contribution in [3.8, 4) is 0 Å². The summed E-state index contributed by atoms with van der Waals surface area (Å²) in [6.45, 7) is 2.52. The van der Waals surface area contributed by atoms with Crippen LogP contribution in [0.25, 0.3) is 10.9 Å². The maximum atomic E-state index is 11.1. The second-order valence-corrected chi connectivity index (χ2v) is 4.97.